The van der Waals surface area contributed by atoms with Crippen molar-refractivity contribution in [1.82, 2.24) is 14.3 Å². The van der Waals surface area contributed by atoms with E-state index in [1.807, 2.05) is 72.3 Å². The van der Waals surface area contributed by atoms with Crippen LogP contribution < -0.4 is 5.32 Å². The van der Waals surface area contributed by atoms with Gasteiger partial charge in [-0.3, -0.25) is 14.0 Å². The van der Waals surface area contributed by atoms with Gasteiger partial charge in [-0.2, -0.15) is 0 Å². The highest BCUT2D eigenvalue weighted by atomic mass is 32.1. The maximum Gasteiger partial charge on any atom is 0.271 e. The second-order valence-corrected chi connectivity index (χ2v) is 8.35. The van der Waals surface area contributed by atoms with Gasteiger partial charge in [0.2, 0.25) is 0 Å². The quantitative estimate of drug-likeness (QED) is 0.525. The van der Waals surface area contributed by atoms with Gasteiger partial charge in [0, 0.05) is 42.5 Å². The highest BCUT2D eigenvalue weighted by Crippen LogP contribution is 2.26. The Morgan fingerprint density at radius 2 is 1.80 bits per heavy atom. The molecule has 0 saturated carbocycles. The number of amides is 2. The number of rotatable bonds is 4. The van der Waals surface area contributed by atoms with Crippen molar-refractivity contribution >= 4 is 33.8 Å². The minimum Gasteiger partial charge on any atom is -0.343 e. The first-order valence-corrected chi connectivity index (χ1v) is 10.4. The maximum atomic E-state index is 12.7. The van der Waals surface area contributed by atoms with E-state index in [0.717, 1.165) is 27.3 Å². The molecule has 2 aromatic heterocycles. The number of hydrogen-bond donors (Lipinski definition) is 1. The summed E-state index contributed by atoms with van der Waals surface area (Å²) in [6.45, 7) is 3.95. The van der Waals surface area contributed by atoms with Crippen molar-refractivity contribution in [3.63, 3.8) is 0 Å². The van der Waals surface area contributed by atoms with Crippen LogP contribution in [0, 0.1) is 13.8 Å². The van der Waals surface area contributed by atoms with E-state index in [-0.39, 0.29) is 11.8 Å². The fourth-order valence-electron chi connectivity index (χ4n) is 3.37. The predicted molar refractivity (Wildman–Crippen MR) is 120 cm³/mol. The van der Waals surface area contributed by atoms with Gasteiger partial charge < -0.3 is 10.2 Å². The zero-order valence-electron chi connectivity index (χ0n) is 17.3. The predicted octanol–water partition coefficient (Wildman–Crippen LogP) is 4.63. The van der Waals surface area contributed by atoms with Crippen molar-refractivity contribution in [1.29, 1.82) is 0 Å². The second kappa shape index (κ2) is 7.76. The Bertz CT molecular complexity index is 1250. The Morgan fingerprint density at radius 1 is 1.07 bits per heavy atom. The standard InChI is InChI=1S/C23H22N4O2S/c1-14-8-15(2)10-17(9-14)21(28)24-18-7-5-6-16(11-18)19-12-27-20(22(29)26(3)4)13-30-23(27)25-19/h5-13H,1-4H3,(H,24,28). The van der Waals surface area contributed by atoms with E-state index in [4.69, 9.17) is 0 Å². The molecular formula is C23H22N4O2S. The molecule has 0 radical (unpaired) electrons. The third kappa shape index (κ3) is 3.84. The van der Waals surface area contributed by atoms with E-state index < -0.39 is 0 Å². The van der Waals surface area contributed by atoms with Crippen molar-refractivity contribution < 1.29 is 9.59 Å². The average molecular weight is 419 g/mol. The third-order valence-corrected chi connectivity index (χ3v) is 5.57. The van der Waals surface area contributed by atoms with Gasteiger partial charge in [-0.05, 0) is 38.1 Å². The molecule has 4 aromatic rings. The molecule has 0 bridgehead atoms. The van der Waals surface area contributed by atoms with Gasteiger partial charge in [-0.15, -0.1) is 11.3 Å². The van der Waals surface area contributed by atoms with E-state index >= 15 is 0 Å². The van der Waals surface area contributed by atoms with E-state index in [1.54, 1.807) is 19.0 Å². The Kier molecular flexibility index (Phi) is 5.13. The van der Waals surface area contributed by atoms with Gasteiger partial charge in [-0.25, -0.2) is 4.98 Å². The number of nitrogens with one attached hydrogen (secondary N) is 1. The van der Waals surface area contributed by atoms with Crippen LogP contribution >= 0.6 is 11.3 Å². The summed E-state index contributed by atoms with van der Waals surface area (Å²) in [6.07, 6.45) is 1.85. The number of imidazole rings is 1. The lowest BCUT2D eigenvalue weighted by Gasteiger charge is -2.09. The summed E-state index contributed by atoms with van der Waals surface area (Å²) in [5, 5.41) is 4.78. The maximum absolute atomic E-state index is 12.7. The topological polar surface area (TPSA) is 66.7 Å². The molecule has 0 aliphatic heterocycles. The van der Waals surface area contributed by atoms with E-state index in [2.05, 4.69) is 10.3 Å². The number of anilines is 1. The number of hydrogen-bond acceptors (Lipinski definition) is 4. The molecule has 0 atom stereocenters. The van der Waals surface area contributed by atoms with Crippen molar-refractivity contribution in [2.45, 2.75) is 13.8 Å². The van der Waals surface area contributed by atoms with Gasteiger partial charge in [0.1, 0.15) is 5.69 Å². The van der Waals surface area contributed by atoms with E-state index in [9.17, 15) is 9.59 Å². The van der Waals surface area contributed by atoms with Crippen molar-refractivity contribution in [3.05, 3.63) is 76.4 Å². The number of aromatic nitrogens is 2. The largest absolute Gasteiger partial charge is 0.343 e. The van der Waals surface area contributed by atoms with E-state index in [1.165, 1.54) is 11.3 Å². The van der Waals surface area contributed by atoms with Crippen molar-refractivity contribution in [2.75, 3.05) is 19.4 Å². The number of nitrogens with zero attached hydrogens (tertiary/aromatic N) is 3. The van der Waals surface area contributed by atoms with Crippen LogP contribution in [0.1, 0.15) is 32.0 Å². The molecule has 152 valence electrons. The SMILES string of the molecule is Cc1cc(C)cc(C(=O)Nc2cccc(-c3cn4c(C(=O)N(C)C)csc4n3)c2)c1. The summed E-state index contributed by atoms with van der Waals surface area (Å²) in [5.74, 6) is -0.219. The van der Waals surface area contributed by atoms with Crippen LogP contribution in [0.15, 0.2) is 54.0 Å². The molecule has 0 aliphatic rings. The van der Waals surface area contributed by atoms with Crippen LogP contribution in [0.2, 0.25) is 0 Å². The molecule has 6 nitrogen and oxygen atoms in total. The van der Waals surface area contributed by atoms with Crippen LogP contribution in [0.4, 0.5) is 5.69 Å². The fourth-order valence-corrected chi connectivity index (χ4v) is 4.22. The van der Waals surface area contributed by atoms with Crippen LogP contribution in [0.25, 0.3) is 16.2 Å². The highest BCUT2D eigenvalue weighted by molar-refractivity contribution is 7.15. The molecule has 0 aliphatic carbocycles. The Hall–Kier alpha value is -3.45. The molecule has 4 rings (SSSR count). The first-order valence-electron chi connectivity index (χ1n) is 9.50. The summed E-state index contributed by atoms with van der Waals surface area (Å²) < 4.78 is 1.81. The lowest BCUT2D eigenvalue weighted by Crippen LogP contribution is -2.22. The van der Waals surface area contributed by atoms with Crippen molar-refractivity contribution in [3.8, 4) is 11.3 Å². The lowest BCUT2D eigenvalue weighted by molar-refractivity contribution is 0.0821. The summed E-state index contributed by atoms with van der Waals surface area (Å²) >= 11 is 1.42. The Labute approximate surface area is 178 Å². The number of carbonyl (C=O) groups is 2. The van der Waals surface area contributed by atoms with Gasteiger partial charge in [0.05, 0.1) is 5.69 Å². The zero-order valence-corrected chi connectivity index (χ0v) is 18.1. The summed E-state index contributed by atoms with van der Waals surface area (Å²) in [7, 11) is 3.46. The summed E-state index contributed by atoms with van der Waals surface area (Å²) in [6, 6.07) is 13.3. The highest BCUT2D eigenvalue weighted by Gasteiger charge is 2.17. The molecule has 1 N–H and O–H groups in total. The molecule has 0 unspecified atom stereocenters. The smallest absolute Gasteiger partial charge is 0.271 e. The minimum atomic E-state index is -0.149. The number of thiazole rings is 1. The molecule has 2 heterocycles. The van der Waals surface area contributed by atoms with Crippen LogP contribution in [-0.2, 0) is 0 Å². The normalized spacial score (nSPS) is 10.9. The molecule has 0 spiro atoms. The number of carbonyl (C=O) groups excluding carboxylic acids is 2. The summed E-state index contributed by atoms with van der Waals surface area (Å²) in [4.78, 5) is 32.0. The lowest BCUT2D eigenvalue weighted by atomic mass is 10.1. The molecule has 0 fully saturated rings. The van der Waals surface area contributed by atoms with Gasteiger partial charge in [-0.1, -0.05) is 29.3 Å². The van der Waals surface area contributed by atoms with Crippen LogP contribution in [0.3, 0.4) is 0 Å². The minimum absolute atomic E-state index is 0.0698. The Balaban J connectivity index is 1.62. The second-order valence-electron chi connectivity index (χ2n) is 7.51. The molecule has 7 heteroatoms. The van der Waals surface area contributed by atoms with Gasteiger partial charge in [0.15, 0.2) is 4.96 Å². The molecule has 0 saturated heterocycles. The van der Waals surface area contributed by atoms with Crippen LogP contribution in [-0.4, -0.2) is 40.2 Å². The monoisotopic (exact) mass is 418 g/mol. The third-order valence-electron chi connectivity index (χ3n) is 4.73. The zero-order chi connectivity index (χ0) is 21.4. The molecule has 2 amide bonds. The first kappa shape index (κ1) is 19.8. The van der Waals surface area contributed by atoms with Crippen molar-refractivity contribution in [2.24, 2.45) is 0 Å². The van der Waals surface area contributed by atoms with Crippen LogP contribution in [0.5, 0.6) is 0 Å². The average Bonchev–Trinajstić information content (AvgIpc) is 3.27. The number of fused-ring (bicyclic) bond motifs is 1. The molecule has 2 aromatic carbocycles. The fraction of sp³-hybridized carbons (Fsp3) is 0.174. The first-order chi connectivity index (χ1) is 14.3. The molecule has 30 heavy (non-hydrogen) atoms. The number of aryl methyl sites for hydroxylation is 2. The molecular weight excluding hydrogens is 396 g/mol. The van der Waals surface area contributed by atoms with Gasteiger partial charge in [0.25, 0.3) is 11.8 Å². The van der Waals surface area contributed by atoms with Gasteiger partial charge >= 0.3 is 0 Å². The van der Waals surface area contributed by atoms with E-state index in [0.29, 0.717) is 16.9 Å². The summed E-state index contributed by atoms with van der Waals surface area (Å²) in [5.41, 5.74) is 5.62. The Morgan fingerprint density at radius 3 is 2.50 bits per heavy atom. The number of benzene rings is 2.